The Morgan fingerprint density at radius 2 is 1.75 bits per heavy atom. The molecule has 0 bridgehead atoms. The van der Waals surface area contributed by atoms with Crippen LogP contribution in [0.3, 0.4) is 0 Å². The van der Waals surface area contributed by atoms with Crippen LogP contribution in [0.5, 0.6) is 0 Å². The molecule has 0 saturated carbocycles. The van der Waals surface area contributed by atoms with E-state index in [2.05, 4.69) is 39.0 Å². The third kappa shape index (κ3) is 3.31. The molecule has 0 saturated heterocycles. The standard InChI is InChI=1S/C19H28O/c1-14-6-5-7-15(2)10-12-19(4)13-11-17(16(3)20)18(19)9-8-14/h6,10-11,18H,5,7-9,12-13H2,1-4H3/b14-6+,15-10+/t18-,19-/m1/s1. The molecule has 0 heterocycles. The van der Waals surface area contributed by atoms with Crippen LogP contribution in [-0.4, -0.2) is 5.78 Å². The number of carbonyl (C=O) groups excluding carboxylic acids is 1. The molecule has 2 aliphatic rings. The maximum atomic E-state index is 11.9. The quantitative estimate of drug-likeness (QED) is 0.585. The number of rotatable bonds is 1. The molecule has 0 fully saturated rings. The Morgan fingerprint density at radius 1 is 1.10 bits per heavy atom. The summed E-state index contributed by atoms with van der Waals surface area (Å²) in [5, 5.41) is 0. The van der Waals surface area contributed by atoms with Crippen LogP contribution in [0.1, 0.15) is 66.2 Å². The zero-order chi connectivity index (χ0) is 14.8. The molecule has 2 atom stereocenters. The highest BCUT2D eigenvalue weighted by Crippen LogP contribution is 2.49. The molecule has 2 aliphatic carbocycles. The van der Waals surface area contributed by atoms with E-state index in [1.54, 1.807) is 6.92 Å². The first-order valence-corrected chi connectivity index (χ1v) is 7.94. The molecule has 110 valence electrons. The van der Waals surface area contributed by atoms with Gasteiger partial charge in [-0.15, -0.1) is 0 Å². The molecule has 1 heteroatoms. The SMILES string of the molecule is CC(=O)C1=CC[C@@]2(C)C/C=C(\C)CC/C=C(\C)CC[C@H]12. The van der Waals surface area contributed by atoms with Crippen molar-refractivity contribution in [1.82, 2.24) is 0 Å². The summed E-state index contributed by atoms with van der Waals surface area (Å²) in [5.74, 6) is 0.710. The van der Waals surface area contributed by atoms with Crippen LogP contribution in [0.15, 0.2) is 34.9 Å². The summed E-state index contributed by atoms with van der Waals surface area (Å²) in [6.07, 6.45) is 13.7. The topological polar surface area (TPSA) is 17.1 Å². The minimum absolute atomic E-state index is 0.243. The van der Waals surface area contributed by atoms with Crippen molar-refractivity contribution >= 4 is 5.78 Å². The molecule has 0 amide bonds. The molecule has 20 heavy (non-hydrogen) atoms. The lowest BCUT2D eigenvalue weighted by Gasteiger charge is -2.33. The lowest BCUT2D eigenvalue weighted by atomic mass is 9.71. The number of allylic oxidation sites excluding steroid dienone is 6. The number of Topliss-reactive ketones (excluding diaryl/α,β-unsaturated/α-hetero) is 1. The largest absolute Gasteiger partial charge is 0.295 e. The summed E-state index contributed by atoms with van der Waals surface area (Å²) in [5.41, 5.74) is 4.31. The van der Waals surface area contributed by atoms with Crippen LogP contribution in [0.4, 0.5) is 0 Å². The van der Waals surface area contributed by atoms with E-state index in [1.807, 2.05) is 0 Å². The van der Waals surface area contributed by atoms with Gasteiger partial charge in [0.2, 0.25) is 0 Å². The van der Waals surface area contributed by atoms with Crippen LogP contribution in [0.25, 0.3) is 0 Å². The van der Waals surface area contributed by atoms with Gasteiger partial charge in [-0.25, -0.2) is 0 Å². The van der Waals surface area contributed by atoms with E-state index in [0.717, 1.165) is 37.7 Å². The summed E-state index contributed by atoms with van der Waals surface area (Å²) in [4.78, 5) is 11.9. The predicted octanol–water partition coefficient (Wildman–Crippen LogP) is 5.38. The van der Waals surface area contributed by atoms with Crippen molar-refractivity contribution in [3.05, 3.63) is 34.9 Å². The fourth-order valence-electron chi connectivity index (χ4n) is 3.65. The zero-order valence-corrected chi connectivity index (χ0v) is 13.5. The van der Waals surface area contributed by atoms with E-state index in [4.69, 9.17) is 0 Å². The third-order valence-electron chi connectivity index (χ3n) is 5.19. The monoisotopic (exact) mass is 272 g/mol. The number of carbonyl (C=O) groups is 1. The summed E-state index contributed by atoms with van der Waals surface area (Å²) in [6, 6.07) is 0. The Balaban J connectivity index is 2.28. The highest BCUT2D eigenvalue weighted by molar-refractivity contribution is 5.94. The Bertz CT molecular complexity index is 478. The molecule has 1 nitrogen and oxygen atoms in total. The minimum atomic E-state index is 0.243. The van der Waals surface area contributed by atoms with Crippen molar-refractivity contribution in [3.8, 4) is 0 Å². The van der Waals surface area contributed by atoms with Gasteiger partial charge in [-0.05, 0) is 76.2 Å². The normalized spacial score (nSPS) is 36.8. The number of hydrogen-bond donors (Lipinski definition) is 0. The second-order valence-electron chi connectivity index (χ2n) is 7.01. The molecule has 0 aromatic heterocycles. The molecule has 0 radical (unpaired) electrons. The van der Waals surface area contributed by atoms with Crippen LogP contribution >= 0.6 is 0 Å². The summed E-state index contributed by atoms with van der Waals surface area (Å²) in [6.45, 7) is 8.57. The van der Waals surface area contributed by atoms with E-state index in [9.17, 15) is 4.79 Å². The predicted molar refractivity (Wildman–Crippen MR) is 85.6 cm³/mol. The van der Waals surface area contributed by atoms with E-state index >= 15 is 0 Å². The molecular formula is C19H28O. The van der Waals surface area contributed by atoms with Crippen LogP contribution in [0, 0.1) is 11.3 Å². The average molecular weight is 272 g/mol. The van der Waals surface area contributed by atoms with Crippen molar-refractivity contribution in [3.63, 3.8) is 0 Å². The smallest absolute Gasteiger partial charge is 0.155 e. The summed E-state index contributed by atoms with van der Waals surface area (Å²) < 4.78 is 0. The fourth-order valence-corrected chi connectivity index (χ4v) is 3.65. The van der Waals surface area contributed by atoms with Gasteiger partial charge in [0.15, 0.2) is 5.78 Å². The second kappa shape index (κ2) is 6.11. The first kappa shape index (κ1) is 15.3. The molecule has 0 aliphatic heterocycles. The van der Waals surface area contributed by atoms with E-state index in [-0.39, 0.29) is 11.2 Å². The van der Waals surface area contributed by atoms with Gasteiger partial charge in [-0.2, -0.15) is 0 Å². The summed E-state index contributed by atoms with van der Waals surface area (Å²) in [7, 11) is 0. The zero-order valence-electron chi connectivity index (χ0n) is 13.5. The molecular weight excluding hydrogens is 244 g/mol. The van der Waals surface area contributed by atoms with Crippen molar-refractivity contribution < 1.29 is 4.79 Å². The Hall–Kier alpha value is -1.11. The van der Waals surface area contributed by atoms with Crippen LogP contribution < -0.4 is 0 Å². The van der Waals surface area contributed by atoms with Crippen LogP contribution in [-0.2, 0) is 4.79 Å². The molecule has 0 aromatic carbocycles. The maximum absolute atomic E-state index is 11.9. The Kier molecular flexibility index (Phi) is 4.67. The van der Waals surface area contributed by atoms with Gasteiger partial charge >= 0.3 is 0 Å². The van der Waals surface area contributed by atoms with E-state index in [1.165, 1.54) is 17.6 Å². The van der Waals surface area contributed by atoms with Gasteiger partial charge in [0.05, 0.1) is 0 Å². The molecule has 0 spiro atoms. The van der Waals surface area contributed by atoms with Crippen molar-refractivity contribution in [1.29, 1.82) is 0 Å². The second-order valence-corrected chi connectivity index (χ2v) is 7.01. The summed E-state index contributed by atoms with van der Waals surface area (Å²) >= 11 is 0. The first-order chi connectivity index (χ1) is 9.42. The van der Waals surface area contributed by atoms with Crippen molar-refractivity contribution in [2.45, 2.75) is 66.2 Å². The van der Waals surface area contributed by atoms with Crippen LogP contribution in [0.2, 0.25) is 0 Å². The number of ketones is 1. The lowest BCUT2D eigenvalue weighted by molar-refractivity contribution is -0.114. The van der Waals surface area contributed by atoms with Gasteiger partial charge in [-0.3, -0.25) is 4.79 Å². The molecule has 2 rings (SSSR count). The lowest BCUT2D eigenvalue weighted by Crippen LogP contribution is -2.25. The molecule has 0 N–H and O–H groups in total. The van der Waals surface area contributed by atoms with E-state index < -0.39 is 0 Å². The van der Waals surface area contributed by atoms with Gasteiger partial charge < -0.3 is 0 Å². The van der Waals surface area contributed by atoms with E-state index in [0.29, 0.717) is 5.92 Å². The third-order valence-corrected chi connectivity index (χ3v) is 5.19. The average Bonchev–Trinajstić information content (AvgIpc) is 2.70. The molecule has 0 aromatic rings. The van der Waals surface area contributed by atoms with Gasteiger partial charge in [0.25, 0.3) is 0 Å². The Labute approximate surface area is 123 Å². The van der Waals surface area contributed by atoms with Gasteiger partial charge in [-0.1, -0.05) is 36.3 Å². The number of fused-ring (bicyclic) bond motifs is 1. The Morgan fingerprint density at radius 3 is 2.45 bits per heavy atom. The highest BCUT2D eigenvalue weighted by Gasteiger charge is 2.40. The first-order valence-electron chi connectivity index (χ1n) is 7.94. The minimum Gasteiger partial charge on any atom is -0.295 e. The highest BCUT2D eigenvalue weighted by atomic mass is 16.1. The van der Waals surface area contributed by atoms with Gasteiger partial charge in [0.1, 0.15) is 0 Å². The van der Waals surface area contributed by atoms with Crippen molar-refractivity contribution in [2.24, 2.45) is 11.3 Å². The van der Waals surface area contributed by atoms with Gasteiger partial charge in [0, 0.05) is 0 Å². The fraction of sp³-hybridized carbons (Fsp3) is 0.632. The van der Waals surface area contributed by atoms with Crippen molar-refractivity contribution in [2.75, 3.05) is 0 Å². The maximum Gasteiger partial charge on any atom is 0.155 e. The molecule has 0 unspecified atom stereocenters. The number of hydrogen-bond acceptors (Lipinski definition) is 1.